The number of alkyl halides is 2. The van der Waals surface area contributed by atoms with Crippen LogP contribution >= 0.6 is 0 Å². The van der Waals surface area contributed by atoms with Crippen LogP contribution in [0.2, 0.25) is 0 Å². The lowest BCUT2D eigenvalue weighted by Crippen LogP contribution is -2.51. The molecule has 0 bridgehead atoms. The average molecular weight is 573 g/mol. The normalized spacial score (nSPS) is 14.6. The van der Waals surface area contributed by atoms with Gasteiger partial charge in [0, 0.05) is 53.5 Å². The van der Waals surface area contributed by atoms with E-state index in [9.17, 15) is 13.6 Å². The number of hydrogen-bond donors (Lipinski definition) is 4. The summed E-state index contributed by atoms with van der Waals surface area (Å²) in [5, 5.41) is 14.2. The average Bonchev–Trinajstić information content (AvgIpc) is 2.97. The van der Waals surface area contributed by atoms with Gasteiger partial charge in [0.1, 0.15) is 17.3 Å². The van der Waals surface area contributed by atoms with Crippen molar-refractivity contribution in [1.82, 2.24) is 15.3 Å². The van der Waals surface area contributed by atoms with Gasteiger partial charge in [-0.2, -0.15) is 0 Å². The number of halogens is 2. The molecule has 0 atom stereocenters. The van der Waals surface area contributed by atoms with Crippen molar-refractivity contribution in [3.63, 3.8) is 0 Å². The minimum Gasteiger partial charge on any atom is -0.494 e. The second kappa shape index (κ2) is 12.2. The number of hydrogen-bond acceptors (Lipinski definition) is 8. The molecule has 0 aliphatic heterocycles. The zero-order valence-corrected chi connectivity index (χ0v) is 22.9. The highest BCUT2D eigenvalue weighted by molar-refractivity contribution is 6.08. The van der Waals surface area contributed by atoms with E-state index in [0.717, 1.165) is 16.6 Å². The minimum absolute atomic E-state index is 0.299. The van der Waals surface area contributed by atoms with Crippen LogP contribution in [0.15, 0.2) is 72.9 Å². The van der Waals surface area contributed by atoms with Crippen LogP contribution in [-0.2, 0) is 4.79 Å². The van der Waals surface area contributed by atoms with E-state index in [1.807, 2.05) is 55.5 Å². The van der Waals surface area contributed by atoms with E-state index in [2.05, 4.69) is 10.6 Å². The lowest BCUT2D eigenvalue weighted by Gasteiger charge is -2.35. The quantitative estimate of drug-likeness (QED) is 0.170. The molecule has 1 fully saturated rings. The molecule has 1 heterocycles. The van der Waals surface area contributed by atoms with Gasteiger partial charge in [0.2, 0.25) is 0 Å². The van der Waals surface area contributed by atoms with Crippen molar-refractivity contribution in [3.05, 3.63) is 78.5 Å². The third-order valence-corrected chi connectivity index (χ3v) is 6.71. The summed E-state index contributed by atoms with van der Waals surface area (Å²) in [6, 6.07) is 19.5. The Balaban J connectivity index is 1.40. The number of nitrogens with zero attached hydrogens (tertiary/aromatic N) is 2. The van der Waals surface area contributed by atoms with Crippen LogP contribution in [0.3, 0.4) is 0 Å². The molecular formula is C31H30F2N6O3. The molecule has 42 heavy (non-hydrogen) atoms. The summed E-state index contributed by atoms with van der Waals surface area (Å²) in [4.78, 5) is 21.7. The number of rotatable bonds is 11. The van der Waals surface area contributed by atoms with Crippen LogP contribution < -0.4 is 25.8 Å². The molecule has 0 radical (unpaired) electrons. The summed E-state index contributed by atoms with van der Waals surface area (Å²) in [7, 11) is 0. The van der Waals surface area contributed by atoms with E-state index >= 15 is 0 Å². The molecule has 1 amide bonds. The number of amides is 1. The number of carbonyl (C=O) groups excluding carboxylic acids is 1. The number of allylic oxidation sites excluding steroid dienone is 1. The number of benzene rings is 3. The van der Waals surface area contributed by atoms with Gasteiger partial charge in [-0.05, 0) is 55.0 Å². The molecule has 0 saturated heterocycles. The molecule has 11 heteroatoms. The number of nitrogens with two attached hydrogens (primary N) is 1. The standard InChI is InChI=1S/C31H30F2N6O3/c1-2-41-25-10-11-27-26(13-25)30(37-22-8-6-19(7-9-22)21(16-34)17-35)39-29(38-27)20-4-3-5-24(12-20)42-18-28(40)36-23-14-31(32,33)15-23/h3-13,16-17,23,34H,2,14-15,18,35H2,1H3,(H,36,40)(H,37,38,39)/b21-17+,34-16?. The highest BCUT2D eigenvalue weighted by Gasteiger charge is 2.45. The first kappa shape index (κ1) is 28.5. The van der Waals surface area contributed by atoms with Crippen LogP contribution in [0.25, 0.3) is 27.9 Å². The maximum Gasteiger partial charge on any atom is 0.258 e. The first-order valence-electron chi connectivity index (χ1n) is 13.4. The summed E-state index contributed by atoms with van der Waals surface area (Å²) in [5.41, 5.74) is 9.13. The fourth-order valence-corrected chi connectivity index (χ4v) is 4.61. The van der Waals surface area contributed by atoms with Gasteiger partial charge in [-0.3, -0.25) is 4.79 Å². The molecule has 0 spiro atoms. The Kier molecular flexibility index (Phi) is 8.28. The summed E-state index contributed by atoms with van der Waals surface area (Å²) in [6.07, 6.45) is 1.88. The molecule has 0 unspecified atom stereocenters. The molecule has 1 aliphatic rings. The van der Waals surface area contributed by atoms with Crippen molar-refractivity contribution in [1.29, 1.82) is 5.41 Å². The maximum absolute atomic E-state index is 13.1. The van der Waals surface area contributed by atoms with E-state index in [4.69, 9.17) is 30.6 Å². The van der Waals surface area contributed by atoms with Crippen molar-refractivity contribution < 1.29 is 23.0 Å². The van der Waals surface area contributed by atoms with Crippen LogP contribution in [0.4, 0.5) is 20.3 Å². The second-order valence-corrected chi connectivity index (χ2v) is 9.82. The Labute approximate surface area is 241 Å². The number of carbonyl (C=O) groups is 1. The Hall–Kier alpha value is -5.06. The molecule has 3 aromatic carbocycles. The van der Waals surface area contributed by atoms with E-state index in [0.29, 0.717) is 46.4 Å². The molecule has 5 rings (SSSR count). The largest absolute Gasteiger partial charge is 0.494 e. The van der Waals surface area contributed by atoms with Gasteiger partial charge in [-0.25, -0.2) is 18.7 Å². The lowest BCUT2D eigenvalue weighted by molar-refractivity contribution is -0.131. The number of fused-ring (bicyclic) bond motifs is 1. The SMILES string of the molecule is CCOc1ccc2nc(-c3cccc(OCC(=O)NC4CC(F)(F)C4)c3)nc(Nc3ccc(/C(C=N)=C/N)cc3)c2c1. The molecule has 1 aromatic heterocycles. The Bertz CT molecular complexity index is 1630. The van der Waals surface area contributed by atoms with Gasteiger partial charge in [0.15, 0.2) is 12.4 Å². The van der Waals surface area contributed by atoms with Gasteiger partial charge >= 0.3 is 0 Å². The first-order chi connectivity index (χ1) is 20.3. The van der Waals surface area contributed by atoms with Gasteiger partial charge in [-0.1, -0.05) is 24.3 Å². The molecule has 4 aromatic rings. The van der Waals surface area contributed by atoms with E-state index in [1.54, 1.807) is 18.2 Å². The zero-order chi connectivity index (χ0) is 29.7. The predicted molar refractivity (Wildman–Crippen MR) is 158 cm³/mol. The highest BCUT2D eigenvalue weighted by Crippen LogP contribution is 2.37. The van der Waals surface area contributed by atoms with E-state index in [1.165, 1.54) is 12.4 Å². The number of nitrogens with one attached hydrogen (secondary N) is 3. The zero-order valence-electron chi connectivity index (χ0n) is 22.9. The van der Waals surface area contributed by atoms with Gasteiger partial charge in [0.25, 0.3) is 11.8 Å². The van der Waals surface area contributed by atoms with Crippen LogP contribution in [0.5, 0.6) is 11.5 Å². The smallest absolute Gasteiger partial charge is 0.258 e. The molecule has 216 valence electrons. The molecule has 1 saturated carbocycles. The Morgan fingerprint density at radius 3 is 2.52 bits per heavy atom. The Morgan fingerprint density at radius 1 is 1.07 bits per heavy atom. The van der Waals surface area contributed by atoms with Gasteiger partial charge in [0.05, 0.1) is 12.1 Å². The summed E-state index contributed by atoms with van der Waals surface area (Å²) in [6.45, 7) is 2.12. The third-order valence-electron chi connectivity index (χ3n) is 6.71. The van der Waals surface area contributed by atoms with Crippen LogP contribution in [-0.4, -0.2) is 47.3 Å². The summed E-state index contributed by atoms with van der Waals surface area (Å²) >= 11 is 0. The van der Waals surface area contributed by atoms with E-state index in [-0.39, 0.29) is 19.4 Å². The Morgan fingerprint density at radius 2 is 1.83 bits per heavy atom. The summed E-state index contributed by atoms with van der Waals surface area (Å²) in [5.74, 6) is -1.09. The van der Waals surface area contributed by atoms with Gasteiger partial charge in [-0.15, -0.1) is 0 Å². The topological polar surface area (TPSA) is 135 Å². The van der Waals surface area contributed by atoms with Crippen LogP contribution in [0.1, 0.15) is 25.3 Å². The molecule has 9 nitrogen and oxygen atoms in total. The lowest BCUT2D eigenvalue weighted by atomic mass is 9.88. The molecule has 1 aliphatic carbocycles. The highest BCUT2D eigenvalue weighted by atomic mass is 19.3. The van der Waals surface area contributed by atoms with Crippen molar-refractivity contribution in [2.45, 2.75) is 31.7 Å². The number of aromatic nitrogens is 2. The first-order valence-corrected chi connectivity index (χ1v) is 13.4. The van der Waals surface area contributed by atoms with Crippen molar-refractivity contribution in [2.24, 2.45) is 5.73 Å². The number of ether oxygens (including phenoxy) is 2. The van der Waals surface area contributed by atoms with Crippen molar-refractivity contribution in [3.8, 4) is 22.9 Å². The van der Waals surface area contributed by atoms with Crippen molar-refractivity contribution in [2.75, 3.05) is 18.5 Å². The minimum atomic E-state index is -2.71. The fraction of sp³-hybridized carbons (Fsp3) is 0.226. The monoisotopic (exact) mass is 572 g/mol. The van der Waals surface area contributed by atoms with Gasteiger partial charge < -0.3 is 31.3 Å². The molecule has 5 N–H and O–H groups in total. The molecular weight excluding hydrogens is 542 g/mol. The fourth-order valence-electron chi connectivity index (χ4n) is 4.61. The van der Waals surface area contributed by atoms with Crippen molar-refractivity contribution >= 4 is 40.1 Å². The van der Waals surface area contributed by atoms with E-state index < -0.39 is 17.9 Å². The second-order valence-electron chi connectivity index (χ2n) is 9.82. The number of anilines is 2. The van der Waals surface area contributed by atoms with Crippen LogP contribution in [0, 0.1) is 5.41 Å². The predicted octanol–water partition coefficient (Wildman–Crippen LogP) is 5.68. The maximum atomic E-state index is 13.1. The summed E-state index contributed by atoms with van der Waals surface area (Å²) < 4.78 is 37.4. The third kappa shape index (κ3) is 6.63.